The van der Waals surface area contributed by atoms with Crippen LogP contribution in [0.25, 0.3) is 66.3 Å². The van der Waals surface area contributed by atoms with E-state index in [0.717, 1.165) is 118 Å². The molecule has 7 rings (SSSR count). The van der Waals surface area contributed by atoms with Gasteiger partial charge in [0.15, 0.2) is 0 Å². The zero-order chi connectivity index (χ0) is 36.0. The second kappa shape index (κ2) is 15.4. The molecular formula is C46H50N4OZn. The van der Waals surface area contributed by atoms with Gasteiger partial charge in [0.05, 0.1) is 22.8 Å². The third-order valence-electron chi connectivity index (χ3n) is 11.1. The van der Waals surface area contributed by atoms with Gasteiger partial charge in [0, 0.05) is 5.56 Å². The Morgan fingerprint density at radius 2 is 0.981 bits per heavy atom. The van der Waals surface area contributed by atoms with E-state index in [1.807, 2.05) is 12.1 Å². The van der Waals surface area contributed by atoms with Crippen LogP contribution in [0.4, 0.5) is 0 Å². The minimum absolute atomic E-state index is 0. The number of phenols is 1. The van der Waals surface area contributed by atoms with Gasteiger partial charge >= 0.3 is 19.5 Å². The molecule has 0 fully saturated rings. The number of nitrogens with zero attached hydrogens (tertiary/aromatic N) is 4. The van der Waals surface area contributed by atoms with E-state index in [1.165, 1.54) is 44.5 Å². The van der Waals surface area contributed by atoms with Crippen molar-refractivity contribution in [2.24, 2.45) is 0 Å². The van der Waals surface area contributed by atoms with Gasteiger partial charge in [0.25, 0.3) is 0 Å². The summed E-state index contributed by atoms with van der Waals surface area (Å²) in [6, 6.07) is 18.8. The smallest absolute Gasteiger partial charge is 0.657 e. The van der Waals surface area contributed by atoms with Crippen LogP contribution in [0, 0.1) is 0 Å². The molecule has 0 saturated heterocycles. The molecular weight excluding hydrogens is 690 g/mol. The summed E-state index contributed by atoms with van der Waals surface area (Å²) in [7, 11) is 0. The number of aromatic hydroxyl groups is 1. The number of hydrogen-bond acceptors (Lipinski definition) is 3. The fraction of sp³-hybridized carbons (Fsp3) is 0.348. The van der Waals surface area contributed by atoms with Crippen LogP contribution in [0.3, 0.4) is 0 Å². The fourth-order valence-electron chi connectivity index (χ4n) is 8.77. The molecule has 0 saturated carbocycles. The van der Waals surface area contributed by atoms with E-state index in [9.17, 15) is 5.11 Å². The van der Waals surface area contributed by atoms with Crippen molar-refractivity contribution in [1.29, 1.82) is 0 Å². The summed E-state index contributed by atoms with van der Waals surface area (Å²) in [5.41, 5.74) is 19.5. The molecule has 0 radical (unpaired) electrons. The molecule has 0 aliphatic carbocycles. The van der Waals surface area contributed by atoms with Crippen LogP contribution >= 0.6 is 0 Å². The van der Waals surface area contributed by atoms with Crippen LogP contribution in [0.5, 0.6) is 5.75 Å². The van der Waals surface area contributed by atoms with Gasteiger partial charge < -0.3 is 15.1 Å². The molecule has 5 nitrogen and oxygen atoms in total. The molecule has 52 heavy (non-hydrogen) atoms. The molecule has 2 aliphatic rings. The van der Waals surface area contributed by atoms with Gasteiger partial charge in [-0.15, -0.1) is 22.1 Å². The number of benzene rings is 2. The SMILES string of the molecule is CCC1=C(CC)c2cc3[n-]c(c(CC)c3CC)c(-c3c(O)ccc4ccccc34)c3nc(cc4[n-]c(cc1n2)c(CC)c4CC)C(CC)=C3CC.[Zn+2]. The Morgan fingerprint density at radius 1 is 0.500 bits per heavy atom. The van der Waals surface area contributed by atoms with Gasteiger partial charge in [-0.05, 0) is 96.1 Å². The molecule has 2 aromatic carbocycles. The predicted octanol–water partition coefficient (Wildman–Crippen LogP) is 11.8. The maximum absolute atomic E-state index is 11.9. The van der Waals surface area contributed by atoms with Crippen molar-refractivity contribution in [2.75, 3.05) is 0 Å². The van der Waals surface area contributed by atoms with Crippen molar-refractivity contribution < 1.29 is 24.6 Å². The quantitative estimate of drug-likeness (QED) is 0.152. The molecule has 0 spiro atoms. The molecule has 0 unspecified atom stereocenters. The van der Waals surface area contributed by atoms with E-state index >= 15 is 0 Å². The maximum atomic E-state index is 11.9. The topological polar surface area (TPSA) is 74.2 Å². The molecule has 6 heteroatoms. The van der Waals surface area contributed by atoms with Crippen molar-refractivity contribution in [3.63, 3.8) is 0 Å². The molecule has 262 valence electrons. The Labute approximate surface area is 321 Å². The molecule has 1 N–H and O–H groups in total. The molecule has 5 heterocycles. The van der Waals surface area contributed by atoms with Crippen molar-refractivity contribution in [1.82, 2.24) is 19.9 Å². The molecule has 2 aliphatic heterocycles. The number of aryl methyl sites for hydroxylation is 4. The van der Waals surface area contributed by atoms with Crippen LogP contribution in [-0.2, 0) is 45.2 Å². The Morgan fingerprint density at radius 3 is 1.52 bits per heavy atom. The first-order valence-corrected chi connectivity index (χ1v) is 19.2. The third-order valence-corrected chi connectivity index (χ3v) is 11.1. The fourth-order valence-corrected chi connectivity index (χ4v) is 8.77. The summed E-state index contributed by atoms with van der Waals surface area (Å²) in [4.78, 5) is 21.8. The third kappa shape index (κ3) is 5.97. The van der Waals surface area contributed by atoms with E-state index in [1.54, 1.807) is 0 Å². The van der Waals surface area contributed by atoms with Gasteiger partial charge in [0.2, 0.25) is 0 Å². The monoisotopic (exact) mass is 738 g/mol. The summed E-state index contributed by atoms with van der Waals surface area (Å²) in [5, 5.41) is 13.9. The summed E-state index contributed by atoms with van der Waals surface area (Å²) in [5.74, 6) is 0.238. The first kappa shape index (κ1) is 37.5. The second-order valence-electron chi connectivity index (χ2n) is 13.6. The second-order valence-corrected chi connectivity index (χ2v) is 13.6. The molecule has 0 atom stereocenters. The van der Waals surface area contributed by atoms with Gasteiger partial charge in [-0.3, -0.25) is 0 Å². The maximum Gasteiger partial charge on any atom is 2.00 e. The minimum atomic E-state index is 0. The zero-order valence-corrected chi connectivity index (χ0v) is 35.3. The average Bonchev–Trinajstić information content (AvgIpc) is 3.88. The number of hydrogen-bond donors (Lipinski definition) is 1. The standard InChI is InChI=1S/C46H50N4O.Zn/c1-9-27-29(11-3)38-24-40-31(13-5)33(15-7)45(49-40)44(43-35-20-18-17-19-26(35)21-22-42(43)51)46-34(16-8)32(14-6)41(50-46)25-39-30(12-4)28(10-2)37(48-39)23-36(27)47-38;/h17-25H,9-16H2,1-8H3,(H-2,47,48,49,50,51);/q-2;+2. The summed E-state index contributed by atoms with van der Waals surface area (Å²) >= 11 is 0. The van der Waals surface area contributed by atoms with E-state index < -0.39 is 0 Å². The van der Waals surface area contributed by atoms with Gasteiger partial charge in [-0.1, -0.05) is 126 Å². The van der Waals surface area contributed by atoms with E-state index in [-0.39, 0.29) is 25.2 Å². The van der Waals surface area contributed by atoms with Crippen molar-refractivity contribution in [3.05, 3.63) is 99.6 Å². The van der Waals surface area contributed by atoms with Crippen molar-refractivity contribution in [2.45, 2.75) is 107 Å². The first-order chi connectivity index (χ1) is 24.8. The van der Waals surface area contributed by atoms with E-state index in [4.69, 9.17) is 19.9 Å². The number of aromatic nitrogens is 4. The van der Waals surface area contributed by atoms with Crippen LogP contribution in [0.2, 0.25) is 0 Å². The Bertz CT molecular complexity index is 2420. The number of fused-ring (bicyclic) bond motifs is 9. The Balaban J connectivity index is 0.00000464. The minimum Gasteiger partial charge on any atom is -0.657 e. The first-order valence-electron chi connectivity index (χ1n) is 19.2. The number of allylic oxidation sites excluding steroid dienone is 4. The normalized spacial score (nSPS) is 13.0. The summed E-state index contributed by atoms with van der Waals surface area (Å²) < 4.78 is 0. The van der Waals surface area contributed by atoms with E-state index in [0.29, 0.717) is 0 Å². The Hall–Kier alpha value is -4.28. The summed E-state index contributed by atoms with van der Waals surface area (Å²) in [6.45, 7) is 17.8. The van der Waals surface area contributed by atoms with E-state index in [2.05, 4.69) is 97.9 Å². The van der Waals surface area contributed by atoms with Crippen LogP contribution in [-0.4, -0.2) is 15.1 Å². The number of phenolic OH excluding ortho intramolecular Hbond substituents is 1. The molecule has 3 aromatic heterocycles. The largest absolute Gasteiger partial charge is 2.00 e. The average molecular weight is 740 g/mol. The molecule has 8 bridgehead atoms. The van der Waals surface area contributed by atoms with Crippen LogP contribution in [0.1, 0.15) is 126 Å². The van der Waals surface area contributed by atoms with Crippen molar-refractivity contribution >= 4 is 55.1 Å². The number of rotatable bonds is 9. The zero-order valence-electron chi connectivity index (χ0n) is 32.3. The molecule has 0 amide bonds. The van der Waals surface area contributed by atoms with Crippen LogP contribution in [0.15, 0.2) is 54.6 Å². The van der Waals surface area contributed by atoms with Gasteiger partial charge in [0.1, 0.15) is 5.75 Å². The summed E-state index contributed by atoms with van der Waals surface area (Å²) in [6.07, 6.45) is 6.88. The van der Waals surface area contributed by atoms with Gasteiger partial charge in [-0.2, -0.15) is 0 Å². The predicted molar refractivity (Wildman–Crippen MR) is 216 cm³/mol. The molecule has 5 aromatic rings. The van der Waals surface area contributed by atoms with Crippen molar-refractivity contribution in [3.8, 4) is 16.9 Å². The van der Waals surface area contributed by atoms with Gasteiger partial charge in [-0.25, -0.2) is 9.97 Å². The van der Waals surface area contributed by atoms with Crippen LogP contribution < -0.4 is 9.97 Å². The Kier molecular flexibility index (Phi) is 11.1.